The average molecular weight is 564 g/mol. The van der Waals surface area contributed by atoms with Crippen LogP contribution >= 0.6 is 11.8 Å². The Kier molecular flexibility index (Phi) is 8.95. The Morgan fingerprint density at radius 2 is 1.64 bits per heavy atom. The van der Waals surface area contributed by atoms with Crippen molar-refractivity contribution in [3.05, 3.63) is 84.4 Å². The van der Waals surface area contributed by atoms with Gasteiger partial charge >= 0.3 is 0 Å². The zero-order valence-corrected chi connectivity index (χ0v) is 23.5. The Morgan fingerprint density at radius 3 is 2.33 bits per heavy atom. The molecule has 0 atom stereocenters. The van der Waals surface area contributed by atoms with Gasteiger partial charge in [0, 0.05) is 35.6 Å². The highest BCUT2D eigenvalue weighted by atomic mass is 32.2. The second-order valence-electron chi connectivity index (χ2n) is 8.57. The molecule has 0 aliphatic carbocycles. The van der Waals surface area contributed by atoms with Gasteiger partial charge in [-0.15, -0.1) is 10.2 Å². The molecule has 0 spiro atoms. The van der Waals surface area contributed by atoms with Crippen molar-refractivity contribution in [3.63, 3.8) is 0 Å². The third-order valence-corrected chi connectivity index (χ3v) is 8.94. The van der Waals surface area contributed by atoms with Gasteiger partial charge in [0.25, 0.3) is 0 Å². The molecule has 0 aliphatic rings. The zero-order valence-electron chi connectivity index (χ0n) is 21.9. The summed E-state index contributed by atoms with van der Waals surface area (Å²) in [4.78, 5) is 24.6. The lowest BCUT2D eigenvalue weighted by Crippen LogP contribution is -2.30. The van der Waals surface area contributed by atoms with Crippen molar-refractivity contribution >= 4 is 39.2 Å². The normalized spacial score (nSPS) is 11.5. The van der Waals surface area contributed by atoms with Gasteiger partial charge in [-0.05, 0) is 43.3 Å². The van der Waals surface area contributed by atoms with E-state index in [1.807, 2.05) is 30.3 Å². The number of carbonyl (C=O) groups excluding carboxylic acids is 2. The molecule has 39 heavy (non-hydrogen) atoms. The van der Waals surface area contributed by atoms with Gasteiger partial charge < -0.3 is 5.32 Å². The summed E-state index contributed by atoms with van der Waals surface area (Å²) in [5.41, 5.74) is 2.40. The number of aromatic nitrogens is 3. The van der Waals surface area contributed by atoms with Crippen LogP contribution < -0.4 is 5.32 Å². The van der Waals surface area contributed by atoms with Gasteiger partial charge in [-0.25, -0.2) is 8.42 Å². The summed E-state index contributed by atoms with van der Waals surface area (Å²) in [5, 5.41) is 12.0. The molecule has 0 saturated carbocycles. The van der Waals surface area contributed by atoms with Crippen LogP contribution in [0.15, 0.2) is 88.9 Å². The first kappa shape index (κ1) is 28.2. The Labute approximate surface area is 232 Å². The summed E-state index contributed by atoms with van der Waals surface area (Å²) >= 11 is 1.20. The summed E-state index contributed by atoms with van der Waals surface area (Å²) in [5.74, 6) is 0.149. The summed E-state index contributed by atoms with van der Waals surface area (Å²) < 4.78 is 29.5. The Morgan fingerprint density at radius 1 is 0.923 bits per heavy atom. The van der Waals surface area contributed by atoms with E-state index in [4.69, 9.17) is 0 Å². The van der Waals surface area contributed by atoms with Gasteiger partial charge in [-0.2, -0.15) is 4.31 Å². The molecular formula is C28H29N5O4S2. The molecule has 11 heteroatoms. The summed E-state index contributed by atoms with van der Waals surface area (Å²) in [6.07, 6.45) is 0. The highest BCUT2D eigenvalue weighted by Crippen LogP contribution is 2.30. The van der Waals surface area contributed by atoms with Crippen molar-refractivity contribution in [2.24, 2.45) is 0 Å². The Hall–Kier alpha value is -3.80. The minimum Gasteiger partial charge on any atom is -0.325 e. The van der Waals surface area contributed by atoms with E-state index in [2.05, 4.69) is 15.5 Å². The number of hydrogen-bond donors (Lipinski definition) is 1. The van der Waals surface area contributed by atoms with Crippen molar-refractivity contribution in [1.82, 2.24) is 19.1 Å². The van der Waals surface area contributed by atoms with E-state index in [-0.39, 0.29) is 22.3 Å². The van der Waals surface area contributed by atoms with Crippen molar-refractivity contribution in [1.29, 1.82) is 0 Å². The largest absolute Gasteiger partial charge is 0.325 e. The topological polar surface area (TPSA) is 114 Å². The van der Waals surface area contributed by atoms with Crippen LogP contribution in [0.5, 0.6) is 0 Å². The van der Waals surface area contributed by atoms with Gasteiger partial charge in [0.2, 0.25) is 15.9 Å². The number of ketones is 1. The molecule has 1 N–H and O–H groups in total. The van der Waals surface area contributed by atoms with Gasteiger partial charge in [-0.1, -0.05) is 68.1 Å². The van der Waals surface area contributed by atoms with Gasteiger partial charge in [0.1, 0.15) is 0 Å². The molecule has 4 rings (SSSR count). The van der Waals surface area contributed by atoms with E-state index in [0.29, 0.717) is 40.9 Å². The molecule has 0 radical (unpaired) electrons. The number of hydrogen-bond acceptors (Lipinski definition) is 7. The van der Waals surface area contributed by atoms with Crippen molar-refractivity contribution in [2.45, 2.75) is 30.8 Å². The Bertz CT molecular complexity index is 1580. The smallest absolute Gasteiger partial charge is 0.243 e. The first-order valence-electron chi connectivity index (χ1n) is 12.4. The fourth-order valence-electron chi connectivity index (χ4n) is 4.01. The van der Waals surface area contributed by atoms with Crippen LogP contribution in [0.25, 0.3) is 17.1 Å². The summed E-state index contributed by atoms with van der Waals surface area (Å²) in [6.45, 7) is 5.81. The van der Waals surface area contributed by atoms with E-state index in [0.717, 1.165) is 5.69 Å². The predicted molar refractivity (Wildman–Crippen MR) is 153 cm³/mol. The zero-order chi connectivity index (χ0) is 28.0. The third kappa shape index (κ3) is 6.44. The highest BCUT2D eigenvalue weighted by Gasteiger charge is 2.24. The number of carbonyl (C=O) groups is 2. The minimum absolute atomic E-state index is 0.0473. The van der Waals surface area contributed by atoms with Crippen LogP contribution in [-0.4, -0.2) is 58.0 Å². The number of sulfonamides is 1. The highest BCUT2D eigenvalue weighted by molar-refractivity contribution is 7.99. The van der Waals surface area contributed by atoms with Crippen LogP contribution in [0.2, 0.25) is 0 Å². The van der Waals surface area contributed by atoms with Crippen LogP contribution in [-0.2, 0) is 14.8 Å². The van der Waals surface area contributed by atoms with Gasteiger partial charge in [0.05, 0.1) is 10.6 Å². The monoisotopic (exact) mass is 563 g/mol. The molecule has 202 valence electrons. The van der Waals surface area contributed by atoms with Crippen molar-refractivity contribution in [3.8, 4) is 17.1 Å². The lowest BCUT2D eigenvalue weighted by atomic mass is 10.1. The fourth-order valence-corrected chi connectivity index (χ4v) is 6.27. The van der Waals surface area contributed by atoms with Gasteiger partial charge in [-0.3, -0.25) is 14.2 Å². The number of benzene rings is 3. The summed E-state index contributed by atoms with van der Waals surface area (Å²) in [6, 6.07) is 22.8. The molecule has 1 heterocycles. The number of anilines is 1. The molecule has 0 unspecified atom stereocenters. The molecule has 0 bridgehead atoms. The standard InChI is InChI=1S/C28H29N5O4S2/c1-4-32(5-2)39(36,37)25-16-10-12-22(18-25)27-30-31-28(33(27)24-14-7-6-8-15-24)38-19-26(35)29-23-13-9-11-21(17-23)20(3)34/h6-18H,4-5,19H2,1-3H3,(H,29,35). The number of nitrogens with one attached hydrogen (secondary N) is 1. The number of thioether (sulfide) groups is 1. The molecule has 1 aromatic heterocycles. The molecule has 3 aromatic carbocycles. The number of rotatable bonds is 11. The lowest BCUT2D eigenvalue weighted by molar-refractivity contribution is -0.113. The molecule has 9 nitrogen and oxygen atoms in total. The molecule has 0 saturated heterocycles. The fraction of sp³-hybridized carbons (Fsp3) is 0.214. The maximum Gasteiger partial charge on any atom is 0.243 e. The Balaban J connectivity index is 1.64. The maximum absolute atomic E-state index is 13.1. The van der Waals surface area contributed by atoms with Crippen LogP contribution in [0, 0.1) is 0 Å². The summed E-state index contributed by atoms with van der Waals surface area (Å²) in [7, 11) is -3.67. The van der Waals surface area contributed by atoms with Crippen molar-refractivity contribution in [2.75, 3.05) is 24.2 Å². The van der Waals surface area contributed by atoms with Gasteiger partial charge in [0.15, 0.2) is 16.8 Å². The average Bonchev–Trinajstić information content (AvgIpc) is 3.37. The molecule has 4 aromatic rings. The van der Waals surface area contributed by atoms with Crippen molar-refractivity contribution < 1.29 is 18.0 Å². The quantitative estimate of drug-likeness (QED) is 0.204. The number of Topliss-reactive ketones (excluding diaryl/α,β-unsaturated/α-hetero) is 1. The van der Waals surface area contributed by atoms with Crippen LogP contribution in [0.1, 0.15) is 31.1 Å². The maximum atomic E-state index is 13.1. The second kappa shape index (κ2) is 12.4. The number of para-hydroxylation sites is 1. The predicted octanol–water partition coefficient (Wildman–Crippen LogP) is 4.90. The van der Waals surface area contributed by atoms with E-state index in [1.165, 1.54) is 23.0 Å². The van der Waals surface area contributed by atoms with Crippen LogP contribution in [0.3, 0.4) is 0 Å². The SMILES string of the molecule is CCN(CC)S(=O)(=O)c1cccc(-c2nnc(SCC(=O)Nc3cccc(C(C)=O)c3)n2-c2ccccc2)c1. The molecule has 0 fully saturated rings. The van der Waals surface area contributed by atoms with E-state index < -0.39 is 10.0 Å². The number of nitrogens with zero attached hydrogens (tertiary/aromatic N) is 4. The van der Waals surface area contributed by atoms with E-state index >= 15 is 0 Å². The first-order chi connectivity index (χ1) is 18.7. The molecule has 0 aliphatic heterocycles. The lowest BCUT2D eigenvalue weighted by Gasteiger charge is -2.19. The van der Waals surface area contributed by atoms with Crippen LogP contribution in [0.4, 0.5) is 5.69 Å². The minimum atomic E-state index is -3.67. The first-order valence-corrected chi connectivity index (χ1v) is 14.8. The second-order valence-corrected chi connectivity index (χ2v) is 11.4. The molecule has 1 amide bonds. The third-order valence-electron chi connectivity index (χ3n) is 5.97. The van der Waals surface area contributed by atoms with E-state index in [9.17, 15) is 18.0 Å². The molecular weight excluding hydrogens is 534 g/mol. The number of amides is 1. The van der Waals surface area contributed by atoms with E-state index in [1.54, 1.807) is 66.9 Å².